The molecule has 3 aromatic rings. The number of carbonyl (C=O) groups excluding carboxylic acids is 1. The number of para-hydroxylation sites is 1. The van der Waals surface area contributed by atoms with E-state index >= 15 is 0 Å². The predicted octanol–water partition coefficient (Wildman–Crippen LogP) is 4.36. The highest BCUT2D eigenvalue weighted by Gasteiger charge is 2.25. The predicted molar refractivity (Wildman–Crippen MR) is 122 cm³/mol. The van der Waals surface area contributed by atoms with Crippen molar-refractivity contribution < 1.29 is 28.3 Å². The van der Waals surface area contributed by atoms with Gasteiger partial charge in [-0.3, -0.25) is 9.36 Å². The first-order valence-electron chi connectivity index (χ1n) is 10.4. The number of amides is 1. The quantitative estimate of drug-likeness (QED) is 0.368. The molecule has 0 aliphatic rings. The summed E-state index contributed by atoms with van der Waals surface area (Å²) in [5.74, 6) is -1.61. The van der Waals surface area contributed by atoms with Gasteiger partial charge in [-0.05, 0) is 43.2 Å². The number of aromatic nitrogens is 1. The fourth-order valence-corrected chi connectivity index (χ4v) is 5.17. The zero-order chi connectivity index (χ0) is 23.1. The number of nitrogens with one attached hydrogen (secondary N) is 2. The molecule has 0 radical (unpaired) electrons. The second kappa shape index (κ2) is 10.6. The topological polar surface area (TPSA) is 118 Å². The molecule has 0 bridgehead atoms. The van der Waals surface area contributed by atoms with Crippen molar-refractivity contribution in [1.29, 1.82) is 0 Å². The summed E-state index contributed by atoms with van der Waals surface area (Å²) in [5.41, 5.74) is 2.72. The molecular formula is C23H27N2O6P. The zero-order valence-electron chi connectivity index (χ0n) is 18.0. The van der Waals surface area contributed by atoms with Crippen molar-refractivity contribution in [2.75, 3.05) is 13.2 Å². The molecule has 8 nitrogen and oxygen atoms in total. The Morgan fingerprint density at radius 2 is 1.72 bits per heavy atom. The lowest BCUT2D eigenvalue weighted by molar-refractivity contribution is -0.139. The van der Waals surface area contributed by atoms with Crippen molar-refractivity contribution in [1.82, 2.24) is 10.3 Å². The van der Waals surface area contributed by atoms with Crippen molar-refractivity contribution in [2.24, 2.45) is 0 Å². The molecule has 9 heteroatoms. The molecule has 3 rings (SSSR count). The number of hydrogen-bond acceptors (Lipinski definition) is 5. The SMILES string of the molecule is CCOP(=O)(Cc1ccc(C(=O)N[C@H](Cc2c[nH]c3ccccc23)C(=O)O)cc1)OCC. The van der Waals surface area contributed by atoms with Crippen LogP contribution in [0.4, 0.5) is 0 Å². The van der Waals surface area contributed by atoms with Crippen molar-refractivity contribution in [3.05, 3.63) is 71.4 Å². The maximum Gasteiger partial charge on any atom is 0.335 e. The van der Waals surface area contributed by atoms with Crippen molar-refractivity contribution in [3.63, 3.8) is 0 Å². The molecule has 1 aromatic heterocycles. The van der Waals surface area contributed by atoms with Gasteiger partial charge in [-0.2, -0.15) is 0 Å². The molecule has 0 aliphatic heterocycles. The van der Waals surface area contributed by atoms with Crippen LogP contribution in [0.2, 0.25) is 0 Å². The van der Waals surface area contributed by atoms with E-state index in [1.165, 1.54) is 0 Å². The number of carbonyl (C=O) groups is 2. The van der Waals surface area contributed by atoms with Crippen LogP contribution in [0.25, 0.3) is 10.9 Å². The van der Waals surface area contributed by atoms with E-state index in [1.807, 2.05) is 24.3 Å². The molecule has 2 aromatic carbocycles. The van der Waals surface area contributed by atoms with E-state index in [0.717, 1.165) is 16.5 Å². The van der Waals surface area contributed by atoms with E-state index in [0.29, 0.717) is 11.1 Å². The second-order valence-corrected chi connectivity index (χ2v) is 9.28. The molecule has 0 spiro atoms. The summed E-state index contributed by atoms with van der Waals surface area (Å²) in [6.07, 6.45) is 2.00. The first-order valence-corrected chi connectivity index (χ1v) is 12.1. The molecule has 0 fully saturated rings. The summed E-state index contributed by atoms with van der Waals surface area (Å²) >= 11 is 0. The van der Waals surface area contributed by atoms with E-state index in [4.69, 9.17) is 9.05 Å². The molecule has 170 valence electrons. The molecule has 0 aliphatic carbocycles. The Balaban J connectivity index is 1.69. The third-order valence-corrected chi connectivity index (χ3v) is 7.00. The Morgan fingerprint density at radius 3 is 2.34 bits per heavy atom. The lowest BCUT2D eigenvalue weighted by Crippen LogP contribution is -2.42. The number of carboxylic acid groups (broad SMARTS) is 1. The summed E-state index contributed by atoms with van der Waals surface area (Å²) in [5, 5.41) is 13.1. The third kappa shape index (κ3) is 5.85. The number of benzene rings is 2. The zero-order valence-corrected chi connectivity index (χ0v) is 18.9. The molecule has 1 amide bonds. The average Bonchev–Trinajstić information content (AvgIpc) is 3.17. The van der Waals surface area contributed by atoms with Gasteiger partial charge in [0, 0.05) is 29.1 Å². The molecule has 0 saturated carbocycles. The summed E-state index contributed by atoms with van der Waals surface area (Å²) in [6, 6.07) is 13.0. The summed E-state index contributed by atoms with van der Waals surface area (Å²) in [6.45, 7) is 4.03. The number of hydrogen-bond donors (Lipinski definition) is 3. The van der Waals surface area contributed by atoms with Gasteiger partial charge in [0.25, 0.3) is 5.91 Å². The highest BCUT2D eigenvalue weighted by Crippen LogP contribution is 2.51. The van der Waals surface area contributed by atoms with E-state index in [1.54, 1.807) is 44.3 Å². The number of aromatic amines is 1. The Kier molecular flexibility index (Phi) is 7.85. The minimum atomic E-state index is -3.25. The van der Waals surface area contributed by atoms with Crippen molar-refractivity contribution in [2.45, 2.75) is 32.5 Å². The van der Waals surface area contributed by atoms with Gasteiger partial charge in [0.1, 0.15) is 6.04 Å². The van der Waals surface area contributed by atoms with Crippen LogP contribution in [0.3, 0.4) is 0 Å². The lowest BCUT2D eigenvalue weighted by atomic mass is 10.0. The smallest absolute Gasteiger partial charge is 0.335 e. The summed E-state index contributed by atoms with van der Waals surface area (Å²) in [7, 11) is -3.25. The van der Waals surface area contributed by atoms with Crippen LogP contribution in [0, 0.1) is 0 Å². The summed E-state index contributed by atoms with van der Waals surface area (Å²) < 4.78 is 23.3. The maximum atomic E-state index is 12.7. The standard InChI is InChI=1S/C23H27N2O6P/c1-3-30-32(29,31-4-2)15-16-9-11-17(12-10-16)22(26)25-21(23(27)28)13-18-14-24-20-8-6-5-7-19(18)20/h5-12,14,21,24H,3-4,13,15H2,1-2H3,(H,25,26)(H,27,28)/t21-/m1/s1. The highest BCUT2D eigenvalue weighted by molar-refractivity contribution is 7.53. The number of H-pyrrole nitrogens is 1. The van der Waals surface area contributed by atoms with Crippen molar-refractivity contribution >= 4 is 30.4 Å². The van der Waals surface area contributed by atoms with Crippen LogP contribution >= 0.6 is 7.60 Å². The molecular weight excluding hydrogens is 431 g/mol. The Morgan fingerprint density at radius 1 is 1.06 bits per heavy atom. The Bertz CT molecular complexity index is 1110. The Hall–Kier alpha value is -2.93. The van der Waals surface area contributed by atoms with Crippen LogP contribution < -0.4 is 5.32 Å². The molecule has 1 heterocycles. The average molecular weight is 458 g/mol. The third-order valence-electron chi connectivity index (χ3n) is 4.95. The minimum absolute atomic E-state index is 0.0922. The monoisotopic (exact) mass is 458 g/mol. The fourth-order valence-electron chi connectivity index (χ4n) is 3.47. The van der Waals surface area contributed by atoms with Gasteiger partial charge in [0.2, 0.25) is 0 Å². The van der Waals surface area contributed by atoms with E-state index < -0.39 is 25.5 Å². The van der Waals surface area contributed by atoms with Crippen LogP contribution in [0.5, 0.6) is 0 Å². The first kappa shape index (κ1) is 23.7. The molecule has 32 heavy (non-hydrogen) atoms. The number of aliphatic carboxylic acids is 1. The summed E-state index contributed by atoms with van der Waals surface area (Å²) in [4.78, 5) is 27.6. The van der Waals surface area contributed by atoms with Gasteiger partial charge < -0.3 is 24.5 Å². The normalized spacial score (nSPS) is 12.6. The highest BCUT2D eigenvalue weighted by atomic mass is 31.2. The first-order chi connectivity index (χ1) is 15.3. The van der Waals surface area contributed by atoms with Crippen LogP contribution in [-0.2, 0) is 31.0 Å². The van der Waals surface area contributed by atoms with Gasteiger partial charge in [0.05, 0.1) is 19.4 Å². The second-order valence-electron chi connectivity index (χ2n) is 7.23. The largest absolute Gasteiger partial charge is 0.480 e. The van der Waals surface area contributed by atoms with Gasteiger partial charge in [-0.1, -0.05) is 30.3 Å². The van der Waals surface area contributed by atoms with Crippen molar-refractivity contribution in [3.8, 4) is 0 Å². The molecule has 0 saturated heterocycles. The number of carboxylic acids is 1. The molecule has 3 N–H and O–H groups in total. The van der Waals surface area contributed by atoms with E-state index in [9.17, 15) is 19.3 Å². The fraction of sp³-hybridized carbons (Fsp3) is 0.304. The number of rotatable bonds is 11. The van der Waals surface area contributed by atoms with Crippen LogP contribution in [0.15, 0.2) is 54.7 Å². The van der Waals surface area contributed by atoms with E-state index in [-0.39, 0.29) is 25.8 Å². The van der Waals surface area contributed by atoms with Gasteiger partial charge in [-0.15, -0.1) is 0 Å². The van der Waals surface area contributed by atoms with Gasteiger partial charge >= 0.3 is 13.6 Å². The van der Waals surface area contributed by atoms with Crippen LogP contribution in [0.1, 0.15) is 35.3 Å². The lowest BCUT2D eigenvalue weighted by Gasteiger charge is -2.17. The van der Waals surface area contributed by atoms with Gasteiger partial charge in [0.15, 0.2) is 0 Å². The van der Waals surface area contributed by atoms with Crippen LogP contribution in [-0.4, -0.2) is 41.2 Å². The molecule has 1 atom stereocenters. The van der Waals surface area contributed by atoms with Gasteiger partial charge in [-0.25, -0.2) is 4.79 Å². The Labute approximate surface area is 186 Å². The van der Waals surface area contributed by atoms with E-state index in [2.05, 4.69) is 10.3 Å². The maximum absolute atomic E-state index is 12.7. The minimum Gasteiger partial charge on any atom is -0.480 e. The molecule has 0 unspecified atom stereocenters. The number of fused-ring (bicyclic) bond motifs is 1.